The van der Waals surface area contributed by atoms with Crippen molar-refractivity contribution in [2.24, 2.45) is 11.7 Å². The summed E-state index contributed by atoms with van der Waals surface area (Å²) in [6, 6.07) is 7.06. The van der Waals surface area contributed by atoms with Crippen LogP contribution in [0.25, 0.3) is 0 Å². The molecule has 1 aromatic carbocycles. The van der Waals surface area contributed by atoms with Gasteiger partial charge in [0.25, 0.3) is 0 Å². The van der Waals surface area contributed by atoms with Crippen molar-refractivity contribution in [3.8, 4) is 0 Å². The third-order valence-corrected chi connectivity index (χ3v) is 3.52. The number of benzene rings is 1. The highest BCUT2D eigenvalue weighted by Crippen LogP contribution is 2.25. The van der Waals surface area contributed by atoms with Crippen LogP contribution in [0.5, 0.6) is 0 Å². The predicted octanol–water partition coefficient (Wildman–Crippen LogP) is 2.32. The van der Waals surface area contributed by atoms with Crippen molar-refractivity contribution < 1.29 is 14.3 Å². The van der Waals surface area contributed by atoms with Gasteiger partial charge in [0.2, 0.25) is 5.91 Å². The molecule has 2 atom stereocenters. The Kier molecular flexibility index (Phi) is 5.16. The molecule has 0 bridgehead atoms. The summed E-state index contributed by atoms with van der Waals surface area (Å²) in [6.07, 6.45) is 2.00. The molecule has 2 rings (SSSR count). The first-order valence-electron chi connectivity index (χ1n) is 7.18. The molecule has 6 heteroatoms. The Morgan fingerprint density at radius 2 is 1.81 bits per heavy atom. The van der Waals surface area contributed by atoms with E-state index in [-0.39, 0.29) is 17.9 Å². The molecular formula is C15H21N3O3. The molecule has 2 unspecified atom stereocenters. The summed E-state index contributed by atoms with van der Waals surface area (Å²) in [5.41, 5.74) is 7.14. The lowest BCUT2D eigenvalue weighted by atomic mass is 10.1. The Balaban J connectivity index is 1.87. The van der Waals surface area contributed by atoms with Crippen LogP contribution in [0, 0.1) is 5.92 Å². The fraction of sp³-hybridized carbons (Fsp3) is 0.467. The van der Waals surface area contributed by atoms with Crippen molar-refractivity contribution in [1.29, 1.82) is 0 Å². The summed E-state index contributed by atoms with van der Waals surface area (Å²) < 4.78 is 4.79. The van der Waals surface area contributed by atoms with Gasteiger partial charge in [0.1, 0.15) is 0 Å². The number of carbonyl (C=O) groups excluding carboxylic acids is 2. The van der Waals surface area contributed by atoms with Gasteiger partial charge in [-0.25, -0.2) is 4.79 Å². The van der Waals surface area contributed by atoms with E-state index in [2.05, 4.69) is 10.6 Å². The van der Waals surface area contributed by atoms with Crippen LogP contribution in [0.3, 0.4) is 0 Å². The normalized spacial score (nSPS) is 20.9. The van der Waals surface area contributed by atoms with Gasteiger partial charge >= 0.3 is 6.09 Å². The first kappa shape index (κ1) is 15.3. The van der Waals surface area contributed by atoms with Gasteiger partial charge in [0.05, 0.1) is 6.61 Å². The molecule has 0 radical (unpaired) electrons. The zero-order chi connectivity index (χ0) is 15.2. The van der Waals surface area contributed by atoms with E-state index in [1.807, 2.05) is 0 Å². The molecule has 1 saturated carbocycles. The van der Waals surface area contributed by atoms with Crippen LogP contribution >= 0.6 is 0 Å². The largest absolute Gasteiger partial charge is 0.450 e. The van der Waals surface area contributed by atoms with Gasteiger partial charge in [-0.3, -0.25) is 10.1 Å². The van der Waals surface area contributed by atoms with Crippen LogP contribution < -0.4 is 16.4 Å². The van der Waals surface area contributed by atoms with Gasteiger partial charge in [-0.2, -0.15) is 0 Å². The number of rotatable bonds is 4. The van der Waals surface area contributed by atoms with E-state index < -0.39 is 6.09 Å². The number of ether oxygens (including phenoxy) is 1. The van der Waals surface area contributed by atoms with Gasteiger partial charge in [-0.05, 0) is 50.5 Å². The lowest BCUT2D eigenvalue weighted by Crippen LogP contribution is -2.23. The first-order valence-corrected chi connectivity index (χ1v) is 7.18. The smallest absolute Gasteiger partial charge is 0.411 e. The average Bonchev–Trinajstić information content (AvgIpc) is 2.88. The SMILES string of the molecule is CCOC(=O)Nc1ccc(NC(=O)C2CCC(N)C2)cc1. The van der Waals surface area contributed by atoms with E-state index >= 15 is 0 Å². The molecule has 0 spiro atoms. The van der Waals surface area contributed by atoms with Crippen molar-refractivity contribution in [3.05, 3.63) is 24.3 Å². The molecule has 0 saturated heterocycles. The Labute approximate surface area is 124 Å². The number of hydrogen-bond acceptors (Lipinski definition) is 4. The molecule has 1 aliphatic carbocycles. The van der Waals surface area contributed by atoms with E-state index in [1.165, 1.54) is 0 Å². The van der Waals surface area contributed by atoms with E-state index in [9.17, 15) is 9.59 Å². The Morgan fingerprint density at radius 3 is 2.33 bits per heavy atom. The van der Waals surface area contributed by atoms with Gasteiger partial charge in [0, 0.05) is 23.3 Å². The quantitative estimate of drug-likeness (QED) is 0.793. The van der Waals surface area contributed by atoms with Crippen LogP contribution in [-0.4, -0.2) is 24.6 Å². The zero-order valence-electron chi connectivity index (χ0n) is 12.1. The number of amides is 2. The third kappa shape index (κ3) is 4.46. The van der Waals surface area contributed by atoms with Crippen molar-refractivity contribution in [3.63, 3.8) is 0 Å². The highest BCUT2D eigenvalue weighted by Gasteiger charge is 2.27. The molecule has 1 fully saturated rings. The van der Waals surface area contributed by atoms with Crippen LogP contribution in [0.15, 0.2) is 24.3 Å². The van der Waals surface area contributed by atoms with Gasteiger partial charge < -0.3 is 15.8 Å². The van der Waals surface area contributed by atoms with E-state index in [0.29, 0.717) is 18.0 Å². The van der Waals surface area contributed by atoms with Gasteiger partial charge in [0.15, 0.2) is 0 Å². The maximum Gasteiger partial charge on any atom is 0.411 e. The van der Waals surface area contributed by atoms with Crippen LogP contribution in [0.1, 0.15) is 26.2 Å². The molecule has 0 heterocycles. The van der Waals surface area contributed by atoms with Crippen LogP contribution in [0.2, 0.25) is 0 Å². The molecule has 4 N–H and O–H groups in total. The topological polar surface area (TPSA) is 93.5 Å². The predicted molar refractivity (Wildman–Crippen MR) is 81.0 cm³/mol. The molecule has 0 aromatic heterocycles. The molecule has 6 nitrogen and oxygen atoms in total. The number of nitrogens with two attached hydrogens (primary N) is 1. The zero-order valence-corrected chi connectivity index (χ0v) is 12.1. The molecular weight excluding hydrogens is 270 g/mol. The average molecular weight is 291 g/mol. The van der Waals surface area contributed by atoms with Gasteiger partial charge in [-0.15, -0.1) is 0 Å². The molecule has 21 heavy (non-hydrogen) atoms. The second-order valence-electron chi connectivity index (χ2n) is 5.18. The van der Waals surface area contributed by atoms with Crippen molar-refractivity contribution >= 4 is 23.4 Å². The molecule has 2 amide bonds. The fourth-order valence-corrected chi connectivity index (χ4v) is 2.42. The maximum absolute atomic E-state index is 12.1. The maximum atomic E-state index is 12.1. The summed E-state index contributed by atoms with van der Waals surface area (Å²) >= 11 is 0. The summed E-state index contributed by atoms with van der Waals surface area (Å²) in [5.74, 6) is 0.00591. The van der Waals surface area contributed by atoms with Crippen LogP contribution in [0.4, 0.5) is 16.2 Å². The van der Waals surface area contributed by atoms with E-state index in [1.54, 1.807) is 31.2 Å². The third-order valence-electron chi connectivity index (χ3n) is 3.52. The monoisotopic (exact) mass is 291 g/mol. The molecule has 1 aromatic rings. The Morgan fingerprint density at radius 1 is 1.19 bits per heavy atom. The second kappa shape index (κ2) is 7.08. The highest BCUT2D eigenvalue weighted by molar-refractivity contribution is 5.93. The standard InChI is InChI=1S/C15H21N3O3/c1-2-21-15(20)18-13-7-5-12(6-8-13)17-14(19)10-3-4-11(16)9-10/h5-8,10-11H,2-4,9,16H2,1H3,(H,17,19)(H,18,20). The Bertz CT molecular complexity index is 501. The van der Waals surface area contributed by atoms with E-state index in [0.717, 1.165) is 19.3 Å². The molecule has 0 aliphatic heterocycles. The van der Waals surface area contributed by atoms with E-state index in [4.69, 9.17) is 10.5 Å². The van der Waals surface area contributed by atoms with Crippen molar-refractivity contribution in [2.75, 3.05) is 17.2 Å². The number of anilines is 2. The minimum atomic E-state index is -0.491. The van der Waals surface area contributed by atoms with Gasteiger partial charge in [-0.1, -0.05) is 0 Å². The number of hydrogen-bond donors (Lipinski definition) is 3. The highest BCUT2D eigenvalue weighted by atomic mass is 16.5. The Hall–Kier alpha value is -2.08. The lowest BCUT2D eigenvalue weighted by Gasteiger charge is -2.11. The summed E-state index contributed by atoms with van der Waals surface area (Å²) in [4.78, 5) is 23.3. The first-order chi connectivity index (χ1) is 10.1. The van der Waals surface area contributed by atoms with Crippen molar-refractivity contribution in [2.45, 2.75) is 32.2 Å². The van der Waals surface area contributed by atoms with Crippen molar-refractivity contribution in [1.82, 2.24) is 0 Å². The minimum Gasteiger partial charge on any atom is -0.450 e. The number of nitrogens with one attached hydrogen (secondary N) is 2. The number of carbonyl (C=O) groups is 2. The fourth-order valence-electron chi connectivity index (χ4n) is 2.42. The molecule has 1 aliphatic rings. The molecule has 114 valence electrons. The minimum absolute atomic E-state index is 0.00247. The summed E-state index contributed by atoms with van der Waals surface area (Å²) in [7, 11) is 0. The second-order valence-corrected chi connectivity index (χ2v) is 5.18. The summed E-state index contributed by atoms with van der Waals surface area (Å²) in [6.45, 7) is 2.07. The lowest BCUT2D eigenvalue weighted by molar-refractivity contribution is -0.119. The summed E-state index contributed by atoms with van der Waals surface area (Å²) in [5, 5.41) is 5.47. The van der Waals surface area contributed by atoms with Crippen LogP contribution in [-0.2, 0) is 9.53 Å².